The fourth-order valence-electron chi connectivity index (χ4n) is 1.81. The van der Waals surface area contributed by atoms with E-state index in [0.29, 0.717) is 13.1 Å². The zero-order chi connectivity index (χ0) is 13.1. The van der Waals surface area contributed by atoms with Crippen molar-refractivity contribution in [3.63, 3.8) is 0 Å². The van der Waals surface area contributed by atoms with Gasteiger partial charge in [-0.25, -0.2) is 0 Å². The molecule has 1 rings (SSSR count). The SMILES string of the molecule is C=CC(=O)N(C)C(C)(C)C(=O)N1CCNCC1. The molecule has 0 unspecified atom stereocenters. The van der Waals surface area contributed by atoms with E-state index in [1.54, 1.807) is 25.8 Å². The summed E-state index contributed by atoms with van der Waals surface area (Å²) >= 11 is 0. The first-order valence-corrected chi connectivity index (χ1v) is 5.81. The minimum atomic E-state index is -0.831. The van der Waals surface area contributed by atoms with Gasteiger partial charge in [0, 0.05) is 33.2 Å². The van der Waals surface area contributed by atoms with Crippen LogP contribution in [0.5, 0.6) is 0 Å². The van der Waals surface area contributed by atoms with Crippen LogP contribution in [-0.2, 0) is 9.59 Å². The number of nitrogens with zero attached hydrogens (tertiary/aromatic N) is 2. The Kier molecular flexibility index (Phi) is 4.28. The van der Waals surface area contributed by atoms with Gasteiger partial charge in [-0.15, -0.1) is 0 Å². The van der Waals surface area contributed by atoms with Crippen molar-refractivity contribution < 1.29 is 9.59 Å². The van der Waals surface area contributed by atoms with Gasteiger partial charge in [0.05, 0.1) is 0 Å². The van der Waals surface area contributed by atoms with Crippen molar-refractivity contribution in [2.75, 3.05) is 33.2 Å². The smallest absolute Gasteiger partial charge is 0.248 e. The van der Waals surface area contributed by atoms with E-state index >= 15 is 0 Å². The fraction of sp³-hybridized carbons (Fsp3) is 0.667. The van der Waals surface area contributed by atoms with Crippen molar-refractivity contribution in [2.45, 2.75) is 19.4 Å². The van der Waals surface area contributed by atoms with Gasteiger partial charge in [-0.2, -0.15) is 0 Å². The van der Waals surface area contributed by atoms with Gasteiger partial charge in [0.25, 0.3) is 0 Å². The summed E-state index contributed by atoms with van der Waals surface area (Å²) < 4.78 is 0. The van der Waals surface area contributed by atoms with Crippen LogP contribution < -0.4 is 5.32 Å². The lowest BCUT2D eigenvalue weighted by atomic mass is 10.0. The largest absolute Gasteiger partial charge is 0.338 e. The predicted molar refractivity (Wildman–Crippen MR) is 66.5 cm³/mol. The first-order valence-electron chi connectivity index (χ1n) is 5.81. The lowest BCUT2D eigenvalue weighted by Gasteiger charge is -2.39. The Bertz CT molecular complexity index is 320. The molecule has 0 atom stereocenters. The van der Waals surface area contributed by atoms with Crippen molar-refractivity contribution in [1.29, 1.82) is 0 Å². The molecule has 1 N–H and O–H groups in total. The highest BCUT2D eigenvalue weighted by molar-refractivity contribution is 5.94. The van der Waals surface area contributed by atoms with E-state index in [2.05, 4.69) is 11.9 Å². The highest BCUT2D eigenvalue weighted by atomic mass is 16.2. The minimum absolute atomic E-state index is 0.0169. The van der Waals surface area contributed by atoms with E-state index in [4.69, 9.17) is 0 Å². The molecule has 1 fully saturated rings. The summed E-state index contributed by atoms with van der Waals surface area (Å²) in [5.74, 6) is -0.254. The molecular weight excluding hydrogens is 218 g/mol. The molecule has 0 aromatic heterocycles. The summed E-state index contributed by atoms with van der Waals surface area (Å²) in [7, 11) is 1.63. The van der Waals surface area contributed by atoms with Gasteiger partial charge in [0.15, 0.2) is 0 Å². The summed E-state index contributed by atoms with van der Waals surface area (Å²) in [6, 6.07) is 0. The summed E-state index contributed by atoms with van der Waals surface area (Å²) in [6.07, 6.45) is 1.23. The zero-order valence-corrected chi connectivity index (χ0v) is 10.8. The predicted octanol–water partition coefficient (Wildman–Crippen LogP) is -0.159. The van der Waals surface area contributed by atoms with Gasteiger partial charge in [-0.1, -0.05) is 6.58 Å². The molecule has 0 spiro atoms. The lowest BCUT2D eigenvalue weighted by molar-refractivity contribution is -0.148. The Morgan fingerprint density at radius 2 is 1.88 bits per heavy atom. The van der Waals surface area contributed by atoms with Crippen molar-refractivity contribution in [2.24, 2.45) is 0 Å². The van der Waals surface area contributed by atoms with Crippen molar-refractivity contribution in [1.82, 2.24) is 15.1 Å². The van der Waals surface area contributed by atoms with Crippen LogP contribution in [0.3, 0.4) is 0 Å². The number of likely N-dealkylation sites (N-methyl/N-ethyl adjacent to an activating group) is 1. The first kappa shape index (κ1) is 13.7. The molecule has 2 amide bonds. The Morgan fingerprint density at radius 3 is 2.35 bits per heavy atom. The number of piperazine rings is 1. The van der Waals surface area contributed by atoms with Crippen LogP contribution >= 0.6 is 0 Å². The lowest BCUT2D eigenvalue weighted by Crippen LogP contribution is -2.59. The molecule has 1 heterocycles. The van der Waals surface area contributed by atoms with Crippen molar-refractivity contribution in [3.05, 3.63) is 12.7 Å². The van der Waals surface area contributed by atoms with E-state index in [-0.39, 0.29) is 11.8 Å². The van der Waals surface area contributed by atoms with Crippen molar-refractivity contribution in [3.8, 4) is 0 Å². The molecule has 0 aromatic rings. The second kappa shape index (κ2) is 5.31. The summed E-state index contributed by atoms with van der Waals surface area (Å²) in [5.41, 5.74) is -0.831. The van der Waals surface area contributed by atoms with Gasteiger partial charge in [0.2, 0.25) is 11.8 Å². The number of rotatable bonds is 3. The second-order valence-corrected chi connectivity index (χ2v) is 4.70. The van der Waals surface area contributed by atoms with E-state index in [1.807, 2.05) is 0 Å². The third-order valence-corrected chi connectivity index (χ3v) is 3.27. The van der Waals surface area contributed by atoms with Crippen LogP contribution in [0.1, 0.15) is 13.8 Å². The minimum Gasteiger partial charge on any atom is -0.338 e. The standard InChI is InChI=1S/C12H21N3O2/c1-5-10(16)14(4)12(2,3)11(17)15-8-6-13-7-9-15/h5,13H,1,6-9H2,2-4H3. The van der Waals surface area contributed by atoms with Gasteiger partial charge >= 0.3 is 0 Å². The van der Waals surface area contributed by atoms with Crippen LogP contribution in [0.2, 0.25) is 0 Å². The monoisotopic (exact) mass is 239 g/mol. The molecule has 1 saturated heterocycles. The fourth-order valence-corrected chi connectivity index (χ4v) is 1.81. The van der Waals surface area contributed by atoms with Crippen LogP contribution in [-0.4, -0.2) is 60.4 Å². The molecule has 1 aliphatic heterocycles. The third kappa shape index (κ3) is 2.85. The third-order valence-electron chi connectivity index (χ3n) is 3.27. The number of hydrogen-bond donors (Lipinski definition) is 1. The molecule has 0 bridgehead atoms. The number of nitrogens with one attached hydrogen (secondary N) is 1. The topological polar surface area (TPSA) is 52.7 Å². The van der Waals surface area contributed by atoms with E-state index in [1.165, 1.54) is 11.0 Å². The molecule has 17 heavy (non-hydrogen) atoms. The Labute approximate surface area is 102 Å². The molecule has 0 saturated carbocycles. The summed E-state index contributed by atoms with van der Waals surface area (Å²) in [5, 5.41) is 3.19. The van der Waals surface area contributed by atoms with Crippen LogP contribution in [0.4, 0.5) is 0 Å². The number of hydrogen-bond acceptors (Lipinski definition) is 3. The summed E-state index contributed by atoms with van der Waals surface area (Å²) in [4.78, 5) is 27.2. The van der Waals surface area contributed by atoms with Crippen molar-refractivity contribution >= 4 is 11.8 Å². The maximum Gasteiger partial charge on any atom is 0.248 e. The normalized spacial score (nSPS) is 16.5. The molecule has 0 radical (unpaired) electrons. The Hall–Kier alpha value is -1.36. The second-order valence-electron chi connectivity index (χ2n) is 4.70. The average Bonchev–Trinajstić information content (AvgIpc) is 2.36. The highest BCUT2D eigenvalue weighted by Crippen LogP contribution is 2.17. The zero-order valence-electron chi connectivity index (χ0n) is 10.8. The van der Waals surface area contributed by atoms with E-state index in [0.717, 1.165) is 13.1 Å². The molecule has 1 aliphatic rings. The molecule has 0 aromatic carbocycles. The van der Waals surface area contributed by atoms with Gasteiger partial charge in [0.1, 0.15) is 5.54 Å². The number of carbonyl (C=O) groups is 2. The quantitative estimate of drug-likeness (QED) is 0.696. The molecule has 0 aliphatic carbocycles. The van der Waals surface area contributed by atoms with E-state index in [9.17, 15) is 9.59 Å². The van der Waals surface area contributed by atoms with Crippen LogP contribution in [0.15, 0.2) is 12.7 Å². The first-order chi connectivity index (χ1) is 7.91. The van der Waals surface area contributed by atoms with E-state index < -0.39 is 5.54 Å². The Morgan fingerprint density at radius 1 is 1.35 bits per heavy atom. The number of carbonyl (C=O) groups excluding carboxylic acids is 2. The van der Waals surface area contributed by atoms with Crippen LogP contribution in [0.25, 0.3) is 0 Å². The van der Waals surface area contributed by atoms with Crippen LogP contribution in [0, 0.1) is 0 Å². The maximum atomic E-state index is 12.4. The Balaban J connectivity index is 2.77. The van der Waals surface area contributed by atoms with Gasteiger partial charge in [-0.3, -0.25) is 9.59 Å². The number of amides is 2. The molecule has 5 nitrogen and oxygen atoms in total. The highest BCUT2D eigenvalue weighted by Gasteiger charge is 2.37. The van der Waals surface area contributed by atoms with Gasteiger partial charge < -0.3 is 15.1 Å². The maximum absolute atomic E-state index is 12.4. The molecular formula is C12H21N3O2. The van der Waals surface area contributed by atoms with Gasteiger partial charge in [-0.05, 0) is 19.9 Å². The average molecular weight is 239 g/mol. The molecule has 96 valence electrons. The summed E-state index contributed by atoms with van der Waals surface area (Å²) in [6.45, 7) is 9.96. The molecule has 5 heteroatoms.